The fourth-order valence-electron chi connectivity index (χ4n) is 1.06. The van der Waals surface area contributed by atoms with E-state index >= 15 is 0 Å². The first-order valence-electron chi connectivity index (χ1n) is 4.52. The molecule has 0 aliphatic heterocycles. The van der Waals surface area contributed by atoms with Crippen molar-refractivity contribution in [1.82, 2.24) is 9.97 Å². The van der Waals surface area contributed by atoms with E-state index in [1.165, 1.54) is 0 Å². The molecule has 0 unspecified atom stereocenters. The molecule has 0 aliphatic rings. The van der Waals surface area contributed by atoms with Gasteiger partial charge in [-0.05, 0) is 13.8 Å². The Hall–Kier alpha value is -1.70. The first kappa shape index (κ1) is 10.4. The van der Waals surface area contributed by atoms with Crippen LogP contribution < -0.4 is 0 Å². The van der Waals surface area contributed by atoms with Crippen molar-refractivity contribution in [1.29, 1.82) is 0 Å². The summed E-state index contributed by atoms with van der Waals surface area (Å²) >= 11 is 0. The van der Waals surface area contributed by atoms with Crippen LogP contribution in [0.2, 0.25) is 0 Å². The summed E-state index contributed by atoms with van der Waals surface area (Å²) in [5.41, 5.74) is 2.76. The second-order valence-electron chi connectivity index (χ2n) is 2.90. The highest BCUT2D eigenvalue weighted by Crippen LogP contribution is 2.11. The number of rotatable bonds is 3. The molecule has 0 atom stereocenters. The standard InChI is InChI=1S/C12H14N2/c1-4-6-7-11(5-2)12-9-13-8-10(3)14-12/h4-9H,2H2,1,3H3/b6-4-,11-7+. The van der Waals surface area contributed by atoms with Crippen LogP contribution in [0.5, 0.6) is 0 Å². The third-order valence-corrected chi connectivity index (χ3v) is 1.74. The third-order valence-electron chi connectivity index (χ3n) is 1.74. The lowest BCUT2D eigenvalue weighted by Crippen LogP contribution is -1.91. The van der Waals surface area contributed by atoms with Gasteiger partial charge in [-0.2, -0.15) is 0 Å². The lowest BCUT2D eigenvalue weighted by molar-refractivity contribution is 1.09. The molecule has 0 amide bonds. The first-order valence-corrected chi connectivity index (χ1v) is 4.52. The zero-order valence-corrected chi connectivity index (χ0v) is 8.57. The molecule has 0 saturated heterocycles. The molecule has 0 bridgehead atoms. The number of hydrogen-bond acceptors (Lipinski definition) is 2. The minimum atomic E-state index is 0.859. The molecule has 0 N–H and O–H groups in total. The van der Waals surface area contributed by atoms with E-state index in [-0.39, 0.29) is 0 Å². The van der Waals surface area contributed by atoms with Gasteiger partial charge in [0.25, 0.3) is 0 Å². The highest BCUT2D eigenvalue weighted by Gasteiger charge is 1.98. The fourth-order valence-corrected chi connectivity index (χ4v) is 1.06. The predicted molar refractivity (Wildman–Crippen MR) is 59.8 cm³/mol. The Morgan fingerprint density at radius 3 is 2.79 bits per heavy atom. The van der Waals surface area contributed by atoms with Gasteiger partial charge in [-0.1, -0.05) is 30.9 Å². The maximum atomic E-state index is 4.36. The van der Waals surface area contributed by atoms with Crippen LogP contribution in [0.15, 0.2) is 43.3 Å². The number of nitrogens with zero attached hydrogens (tertiary/aromatic N) is 2. The Kier molecular flexibility index (Phi) is 3.80. The molecule has 2 heteroatoms. The van der Waals surface area contributed by atoms with Gasteiger partial charge < -0.3 is 0 Å². The van der Waals surface area contributed by atoms with Gasteiger partial charge in [0.2, 0.25) is 0 Å². The van der Waals surface area contributed by atoms with Gasteiger partial charge in [0, 0.05) is 11.8 Å². The summed E-state index contributed by atoms with van der Waals surface area (Å²) in [5, 5.41) is 0. The lowest BCUT2D eigenvalue weighted by atomic mass is 10.2. The second kappa shape index (κ2) is 5.12. The summed E-state index contributed by atoms with van der Waals surface area (Å²) in [4.78, 5) is 8.45. The van der Waals surface area contributed by atoms with E-state index in [1.807, 2.05) is 32.1 Å². The van der Waals surface area contributed by atoms with E-state index in [4.69, 9.17) is 0 Å². The number of aromatic nitrogens is 2. The van der Waals surface area contributed by atoms with E-state index in [9.17, 15) is 0 Å². The van der Waals surface area contributed by atoms with Crippen molar-refractivity contribution in [2.75, 3.05) is 0 Å². The van der Waals surface area contributed by atoms with Crippen LogP contribution >= 0.6 is 0 Å². The Balaban J connectivity index is 3.06. The van der Waals surface area contributed by atoms with E-state index in [0.717, 1.165) is 17.0 Å². The molecule has 14 heavy (non-hydrogen) atoms. The van der Waals surface area contributed by atoms with Crippen molar-refractivity contribution in [2.45, 2.75) is 13.8 Å². The molecule has 0 spiro atoms. The molecule has 0 saturated carbocycles. The Labute approximate surface area is 84.7 Å². The molecule has 72 valence electrons. The predicted octanol–water partition coefficient (Wildman–Crippen LogP) is 2.93. The zero-order valence-electron chi connectivity index (χ0n) is 8.57. The highest BCUT2D eigenvalue weighted by atomic mass is 14.8. The van der Waals surface area contributed by atoms with Crippen molar-refractivity contribution in [2.24, 2.45) is 0 Å². The van der Waals surface area contributed by atoms with Crippen molar-refractivity contribution in [3.8, 4) is 0 Å². The minimum absolute atomic E-state index is 0.859. The largest absolute Gasteiger partial charge is 0.261 e. The topological polar surface area (TPSA) is 25.8 Å². The maximum absolute atomic E-state index is 4.36. The van der Waals surface area contributed by atoms with Crippen LogP contribution in [0.25, 0.3) is 5.57 Å². The molecule has 2 nitrogen and oxygen atoms in total. The summed E-state index contributed by atoms with van der Waals surface area (Å²) < 4.78 is 0. The molecule has 0 aliphatic carbocycles. The van der Waals surface area contributed by atoms with Gasteiger partial charge >= 0.3 is 0 Å². The van der Waals surface area contributed by atoms with Crippen LogP contribution in [-0.4, -0.2) is 9.97 Å². The Morgan fingerprint density at radius 2 is 2.21 bits per heavy atom. The fraction of sp³-hybridized carbons (Fsp3) is 0.167. The molecule has 0 fully saturated rings. The SMILES string of the molecule is C=C/C(=C\C=C/C)c1cncc(C)n1. The summed E-state index contributed by atoms with van der Waals surface area (Å²) in [7, 11) is 0. The second-order valence-corrected chi connectivity index (χ2v) is 2.90. The molecule has 1 aromatic rings. The number of hydrogen-bond donors (Lipinski definition) is 0. The Morgan fingerprint density at radius 1 is 1.43 bits per heavy atom. The number of allylic oxidation sites excluding steroid dienone is 5. The van der Waals surface area contributed by atoms with Gasteiger partial charge in [0.15, 0.2) is 0 Å². The van der Waals surface area contributed by atoms with Gasteiger partial charge in [-0.15, -0.1) is 0 Å². The third kappa shape index (κ3) is 2.66. The molecule has 1 heterocycles. The van der Waals surface area contributed by atoms with E-state index in [1.54, 1.807) is 18.5 Å². The quantitative estimate of drug-likeness (QED) is 0.678. The molecule has 1 aromatic heterocycles. The Bertz CT molecular complexity index is 376. The summed E-state index contributed by atoms with van der Waals surface area (Å²) in [6.07, 6.45) is 11.2. The van der Waals surface area contributed by atoms with E-state index in [2.05, 4.69) is 16.5 Å². The van der Waals surface area contributed by atoms with Gasteiger partial charge in [-0.3, -0.25) is 4.98 Å². The van der Waals surface area contributed by atoms with Crippen LogP contribution in [-0.2, 0) is 0 Å². The summed E-state index contributed by atoms with van der Waals surface area (Å²) in [6.45, 7) is 7.64. The van der Waals surface area contributed by atoms with Crippen molar-refractivity contribution >= 4 is 5.57 Å². The molecule has 0 aromatic carbocycles. The van der Waals surface area contributed by atoms with Crippen LogP contribution in [0, 0.1) is 6.92 Å². The maximum Gasteiger partial charge on any atom is 0.0888 e. The van der Waals surface area contributed by atoms with Crippen molar-refractivity contribution < 1.29 is 0 Å². The average molecular weight is 186 g/mol. The average Bonchev–Trinajstić information content (AvgIpc) is 2.19. The summed E-state index contributed by atoms with van der Waals surface area (Å²) in [5.74, 6) is 0. The molecule has 1 rings (SSSR count). The van der Waals surface area contributed by atoms with E-state index < -0.39 is 0 Å². The van der Waals surface area contributed by atoms with Crippen molar-refractivity contribution in [3.05, 3.63) is 54.7 Å². The zero-order chi connectivity index (χ0) is 10.4. The van der Waals surface area contributed by atoms with Crippen molar-refractivity contribution in [3.63, 3.8) is 0 Å². The normalized spacial score (nSPS) is 12.0. The molecule has 0 radical (unpaired) electrons. The minimum Gasteiger partial charge on any atom is -0.261 e. The summed E-state index contributed by atoms with van der Waals surface area (Å²) in [6, 6.07) is 0. The van der Waals surface area contributed by atoms with E-state index in [0.29, 0.717) is 0 Å². The smallest absolute Gasteiger partial charge is 0.0888 e. The van der Waals surface area contributed by atoms with Gasteiger partial charge in [0.1, 0.15) is 0 Å². The van der Waals surface area contributed by atoms with Crippen LogP contribution in [0.1, 0.15) is 18.3 Å². The first-order chi connectivity index (χ1) is 6.77. The van der Waals surface area contributed by atoms with Gasteiger partial charge in [0.05, 0.1) is 17.6 Å². The molecular formula is C12H14N2. The van der Waals surface area contributed by atoms with Crippen LogP contribution in [0.3, 0.4) is 0 Å². The molecular weight excluding hydrogens is 172 g/mol. The van der Waals surface area contributed by atoms with Crippen LogP contribution in [0.4, 0.5) is 0 Å². The highest BCUT2D eigenvalue weighted by molar-refractivity contribution is 5.71. The van der Waals surface area contributed by atoms with Gasteiger partial charge in [-0.25, -0.2) is 4.98 Å². The number of aryl methyl sites for hydroxylation is 1. The monoisotopic (exact) mass is 186 g/mol. The lowest BCUT2D eigenvalue weighted by Gasteiger charge is -2.00.